The first-order chi connectivity index (χ1) is 14.0. The molecule has 29 heavy (non-hydrogen) atoms. The van der Waals surface area contributed by atoms with Crippen LogP contribution < -0.4 is 5.56 Å². The van der Waals surface area contributed by atoms with Crippen LogP contribution in [0.5, 0.6) is 0 Å². The van der Waals surface area contributed by atoms with Gasteiger partial charge in [0.2, 0.25) is 0 Å². The molecule has 0 fully saturated rings. The summed E-state index contributed by atoms with van der Waals surface area (Å²) in [6.45, 7) is 1.94. The molecule has 0 bridgehead atoms. The van der Waals surface area contributed by atoms with Gasteiger partial charge in [-0.05, 0) is 24.6 Å². The molecule has 1 heterocycles. The van der Waals surface area contributed by atoms with Crippen LogP contribution in [0.15, 0.2) is 82.7 Å². The molecule has 142 valence electrons. The summed E-state index contributed by atoms with van der Waals surface area (Å²) >= 11 is 0. The summed E-state index contributed by atoms with van der Waals surface area (Å²) in [4.78, 5) is 28.3. The summed E-state index contributed by atoms with van der Waals surface area (Å²) in [7, 11) is 0. The second kappa shape index (κ2) is 7.47. The number of nitrogens with zero attached hydrogens (tertiary/aromatic N) is 4. The average Bonchev–Trinajstić information content (AvgIpc) is 2.73. The molecule has 0 atom stereocenters. The van der Waals surface area contributed by atoms with Gasteiger partial charge in [-0.15, -0.1) is 0 Å². The standard InChI is InChI=1S/C22H16N4O3/c1-15-7-2-3-10-18(15)21-24-20-12-5-4-11-19(20)22(27)25(21)23-14-16-8-6-9-17(13-16)26(28)29/h2-14H,1H3/b23-14+. The fourth-order valence-corrected chi connectivity index (χ4v) is 3.07. The Morgan fingerprint density at radius 3 is 2.59 bits per heavy atom. The predicted molar refractivity (Wildman–Crippen MR) is 112 cm³/mol. The summed E-state index contributed by atoms with van der Waals surface area (Å²) in [5.41, 5.74) is 2.47. The number of fused-ring (bicyclic) bond motifs is 1. The lowest BCUT2D eigenvalue weighted by atomic mass is 10.1. The van der Waals surface area contributed by atoms with Crippen LogP contribution in [0.1, 0.15) is 11.1 Å². The second-order valence-electron chi connectivity index (χ2n) is 6.48. The van der Waals surface area contributed by atoms with Gasteiger partial charge in [0.05, 0.1) is 22.0 Å². The van der Waals surface area contributed by atoms with Gasteiger partial charge < -0.3 is 0 Å². The van der Waals surface area contributed by atoms with Gasteiger partial charge in [-0.1, -0.05) is 48.5 Å². The number of hydrogen-bond acceptors (Lipinski definition) is 5. The molecule has 3 aromatic carbocycles. The second-order valence-corrected chi connectivity index (χ2v) is 6.48. The zero-order valence-electron chi connectivity index (χ0n) is 15.5. The van der Waals surface area contributed by atoms with Crippen LogP contribution in [0.25, 0.3) is 22.3 Å². The molecule has 7 nitrogen and oxygen atoms in total. The molecule has 1 aromatic heterocycles. The minimum Gasteiger partial charge on any atom is -0.267 e. The van der Waals surface area contributed by atoms with E-state index in [4.69, 9.17) is 0 Å². The third kappa shape index (κ3) is 3.53. The normalized spacial score (nSPS) is 11.2. The highest BCUT2D eigenvalue weighted by molar-refractivity contribution is 5.82. The number of para-hydroxylation sites is 1. The van der Waals surface area contributed by atoms with Crippen molar-refractivity contribution in [3.63, 3.8) is 0 Å². The van der Waals surface area contributed by atoms with Crippen molar-refractivity contribution in [2.75, 3.05) is 0 Å². The maximum absolute atomic E-state index is 13.1. The van der Waals surface area contributed by atoms with Crippen molar-refractivity contribution in [3.8, 4) is 11.4 Å². The van der Waals surface area contributed by atoms with Crippen LogP contribution in [0.2, 0.25) is 0 Å². The van der Waals surface area contributed by atoms with Crippen molar-refractivity contribution in [2.24, 2.45) is 5.10 Å². The Kier molecular flexibility index (Phi) is 4.70. The first-order valence-electron chi connectivity index (χ1n) is 8.91. The number of aryl methyl sites for hydroxylation is 1. The maximum Gasteiger partial charge on any atom is 0.282 e. The Morgan fingerprint density at radius 1 is 1.03 bits per heavy atom. The van der Waals surface area contributed by atoms with Crippen molar-refractivity contribution in [3.05, 3.63) is 104 Å². The Balaban J connectivity index is 1.93. The van der Waals surface area contributed by atoms with Crippen LogP contribution >= 0.6 is 0 Å². The average molecular weight is 384 g/mol. The van der Waals surface area contributed by atoms with Crippen molar-refractivity contribution in [1.82, 2.24) is 9.66 Å². The molecule has 0 saturated heterocycles. The highest BCUT2D eigenvalue weighted by Gasteiger charge is 2.14. The summed E-state index contributed by atoms with van der Waals surface area (Å²) in [6, 6.07) is 20.7. The van der Waals surface area contributed by atoms with Crippen molar-refractivity contribution in [2.45, 2.75) is 6.92 Å². The summed E-state index contributed by atoms with van der Waals surface area (Å²) in [6.07, 6.45) is 1.42. The molecule has 0 aliphatic rings. The van der Waals surface area contributed by atoms with Crippen LogP contribution in [0.3, 0.4) is 0 Å². The van der Waals surface area contributed by atoms with Crippen LogP contribution in [0, 0.1) is 17.0 Å². The number of non-ortho nitro benzene ring substituents is 1. The molecule has 0 amide bonds. The van der Waals surface area contributed by atoms with E-state index in [1.165, 1.54) is 23.0 Å². The van der Waals surface area contributed by atoms with Crippen molar-refractivity contribution >= 4 is 22.8 Å². The Hall–Kier alpha value is -4.13. The van der Waals surface area contributed by atoms with E-state index < -0.39 is 4.92 Å². The smallest absolute Gasteiger partial charge is 0.267 e. The van der Waals surface area contributed by atoms with Crippen LogP contribution in [-0.4, -0.2) is 20.8 Å². The highest BCUT2D eigenvalue weighted by atomic mass is 16.6. The van der Waals surface area contributed by atoms with Crippen molar-refractivity contribution in [1.29, 1.82) is 0 Å². The minimum absolute atomic E-state index is 0.0444. The van der Waals surface area contributed by atoms with E-state index in [1.807, 2.05) is 37.3 Å². The molecule has 0 N–H and O–H groups in total. The summed E-state index contributed by atoms with van der Waals surface area (Å²) in [5.74, 6) is 0.411. The number of rotatable bonds is 4. The molecule has 0 aliphatic carbocycles. The lowest BCUT2D eigenvalue weighted by molar-refractivity contribution is -0.384. The monoisotopic (exact) mass is 384 g/mol. The fraction of sp³-hybridized carbons (Fsp3) is 0.0455. The van der Waals surface area contributed by atoms with E-state index in [9.17, 15) is 14.9 Å². The van der Waals surface area contributed by atoms with Gasteiger partial charge >= 0.3 is 0 Å². The number of nitro benzene ring substituents is 1. The van der Waals surface area contributed by atoms with E-state index in [-0.39, 0.29) is 11.2 Å². The highest BCUT2D eigenvalue weighted by Crippen LogP contribution is 2.22. The van der Waals surface area contributed by atoms with E-state index in [2.05, 4.69) is 10.1 Å². The van der Waals surface area contributed by atoms with Crippen LogP contribution in [0.4, 0.5) is 5.69 Å². The van der Waals surface area contributed by atoms with Crippen LogP contribution in [-0.2, 0) is 0 Å². The molecule has 4 aromatic rings. The van der Waals surface area contributed by atoms with E-state index in [0.29, 0.717) is 22.3 Å². The number of benzene rings is 3. The fourth-order valence-electron chi connectivity index (χ4n) is 3.07. The number of aromatic nitrogens is 2. The minimum atomic E-state index is -0.472. The van der Waals surface area contributed by atoms with Gasteiger partial charge in [0, 0.05) is 23.3 Å². The van der Waals surface area contributed by atoms with Gasteiger partial charge in [-0.25, -0.2) is 4.98 Å². The number of hydrogen-bond donors (Lipinski definition) is 0. The van der Waals surface area contributed by atoms with E-state index in [1.54, 1.807) is 30.3 Å². The predicted octanol–water partition coefficient (Wildman–Crippen LogP) is 4.16. The third-order valence-corrected chi connectivity index (χ3v) is 4.54. The number of nitro groups is 1. The third-order valence-electron chi connectivity index (χ3n) is 4.54. The van der Waals surface area contributed by atoms with Gasteiger partial charge in [0.25, 0.3) is 11.2 Å². The Morgan fingerprint density at radius 2 is 1.79 bits per heavy atom. The lowest BCUT2D eigenvalue weighted by Gasteiger charge is -2.11. The van der Waals surface area contributed by atoms with Gasteiger partial charge in [0.1, 0.15) is 0 Å². The molecular formula is C22H16N4O3. The quantitative estimate of drug-likeness (QED) is 0.300. The van der Waals surface area contributed by atoms with Gasteiger partial charge in [-0.2, -0.15) is 9.78 Å². The zero-order valence-corrected chi connectivity index (χ0v) is 15.5. The molecule has 0 radical (unpaired) electrons. The molecule has 0 aliphatic heterocycles. The largest absolute Gasteiger partial charge is 0.282 e. The SMILES string of the molecule is Cc1ccccc1-c1nc2ccccc2c(=O)n1/N=C/c1cccc([N+](=O)[O-])c1. The van der Waals surface area contributed by atoms with E-state index in [0.717, 1.165) is 11.1 Å². The lowest BCUT2D eigenvalue weighted by Crippen LogP contribution is -2.20. The van der Waals surface area contributed by atoms with Crippen molar-refractivity contribution < 1.29 is 4.92 Å². The van der Waals surface area contributed by atoms with Gasteiger partial charge in [-0.3, -0.25) is 14.9 Å². The Labute approximate surface area is 165 Å². The Bertz CT molecular complexity index is 1330. The molecule has 7 heteroatoms. The molecular weight excluding hydrogens is 368 g/mol. The summed E-state index contributed by atoms with van der Waals surface area (Å²) < 4.78 is 1.24. The topological polar surface area (TPSA) is 90.4 Å². The summed E-state index contributed by atoms with van der Waals surface area (Å²) in [5, 5.41) is 15.8. The molecule has 4 rings (SSSR count). The maximum atomic E-state index is 13.1. The first-order valence-corrected chi connectivity index (χ1v) is 8.91. The molecule has 0 spiro atoms. The zero-order chi connectivity index (χ0) is 20.4. The first kappa shape index (κ1) is 18.2. The molecule has 0 unspecified atom stereocenters. The van der Waals surface area contributed by atoms with E-state index >= 15 is 0 Å². The molecule has 0 saturated carbocycles. The van der Waals surface area contributed by atoms with Gasteiger partial charge in [0.15, 0.2) is 5.82 Å².